The number of carbonyl (C=O) groups is 1. The van der Waals surface area contributed by atoms with Gasteiger partial charge in [0.25, 0.3) is 0 Å². The van der Waals surface area contributed by atoms with Crippen LogP contribution < -0.4 is 10.1 Å². The molecule has 0 aliphatic rings. The Balaban J connectivity index is 1.71. The van der Waals surface area contributed by atoms with E-state index in [0.29, 0.717) is 24.6 Å². The second-order valence-electron chi connectivity index (χ2n) is 3.21. The summed E-state index contributed by atoms with van der Waals surface area (Å²) in [5, 5.41) is 6.04. The van der Waals surface area contributed by atoms with Crippen LogP contribution >= 0.6 is 0 Å². The predicted molar refractivity (Wildman–Crippen MR) is 58.5 cm³/mol. The Morgan fingerprint density at radius 1 is 1.35 bits per heavy atom. The highest BCUT2D eigenvalue weighted by Gasteiger charge is 2.04. The molecule has 0 atom stereocenters. The fourth-order valence-electron chi connectivity index (χ4n) is 1.21. The fourth-order valence-corrected chi connectivity index (χ4v) is 1.21. The molecule has 2 rings (SSSR count). The van der Waals surface area contributed by atoms with E-state index in [4.69, 9.17) is 9.26 Å². The van der Waals surface area contributed by atoms with Gasteiger partial charge in [0, 0.05) is 13.0 Å². The normalized spacial score (nSPS) is 9.88. The third kappa shape index (κ3) is 3.60. The number of benzene rings is 1. The molecular formula is C11H11N3O3. The molecule has 0 saturated carbocycles. The van der Waals surface area contributed by atoms with Crippen molar-refractivity contribution >= 4 is 6.09 Å². The summed E-state index contributed by atoms with van der Waals surface area (Å²) in [6.07, 6.45) is 1.29. The van der Waals surface area contributed by atoms with Crippen LogP contribution in [-0.4, -0.2) is 22.8 Å². The van der Waals surface area contributed by atoms with Crippen molar-refractivity contribution in [3.05, 3.63) is 42.5 Å². The quantitative estimate of drug-likeness (QED) is 0.863. The zero-order valence-corrected chi connectivity index (χ0v) is 9.00. The molecule has 0 aliphatic carbocycles. The molecule has 0 unspecified atom stereocenters. The van der Waals surface area contributed by atoms with Crippen molar-refractivity contribution in [2.24, 2.45) is 0 Å². The summed E-state index contributed by atoms with van der Waals surface area (Å²) in [5.41, 5.74) is 0. The molecule has 17 heavy (non-hydrogen) atoms. The lowest BCUT2D eigenvalue weighted by Gasteiger charge is -2.04. The van der Waals surface area contributed by atoms with Gasteiger partial charge in [0.05, 0.1) is 0 Å². The summed E-state index contributed by atoms with van der Waals surface area (Å²) in [6, 6.07) is 8.84. The van der Waals surface area contributed by atoms with Crippen LogP contribution in [0.1, 0.15) is 5.89 Å². The second kappa shape index (κ2) is 5.64. The maximum Gasteiger partial charge on any atom is 0.412 e. The van der Waals surface area contributed by atoms with Crippen LogP contribution in [0.3, 0.4) is 0 Å². The Morgan fingerprint density at radius 3 is 2.88 bits per heavy atom. The topological polar surface area (TPSA) is 77.3 Å². The van der Waals surface area contributed by atoms with Crippen molar-refractivity contribution in [2.45, 2.75) is 6.42 Å². The first kappa shape index (κ1) is 11.1. The van der Waals surface area contributed by atoms with E-state index < -0.39 is 6.09 Å². The molecule has 2 aromatic rings. The Bertz CT molecular complexity index is 456. The van der Waals surface area contributed by atoms with Crippen LogP contribution in [0.5, 0.6) is 5.75 Å². The number of carbonyl (C=O) groups excluding carboxylic acids is 1. The van der Waals surface area contributed by atoms with Gasteiger partial charge >= 0.3 is 6.09 Å². The molecule has 1 aromatic carbocycles. The van der Waals surface area contributed by atoms with E-state index in [9.17, 15) is 4.79 Å². The molecular weight excluding hydrogens is 222 g/mol. The largest absolute Gasteiger partial charge is 0.412 e. The van der Waals surface area contributed by atoms with Crippen molar-refractivity contribution in [3.63, 3.8) is 0 Å². The molecule has 1 N–H and O–H groups in total. The lowest BCUT2D eigenvalue weighted by molar-refractivity contribution is 0.200. The van der Waals surface area contributed by atoms with Crippen molar-refractivity contribution < 1.29 is 14.1 Å². The Morgan fingerprint density at radius 2 is 2.18 bits per heavy atom. The highest BCUT2D eigenvalue weighted by Crippen LogP contribution is 2.07. The fraction of sp³-hybridized carbons (Fsp3) is 0.182. The van der Waals surface area contributed by atoms with E-state index in [0.717, 1.165) is 0 Å². The summed E-state index contributed by atoms with van der Waals surface area (Å²) in [5.74, 6) is 0.979. The molecule has 1 amide bonds. The van der Waals surface area contributed by atoms with Crippen LogP contribution in [-0.2, 0) is 6.42 Å². The molecule has 0 aliphatic heterocycles. The van der Waals surface area contributed by atoms with E-state index >= 15 is 0 Å². The summed E-state index contributed by atoms with van der Waals surface area (Å²) in [6.45, 7) is 0.383. The van der Waals surface area contributed by atoms with Gasteiger partial charge in [-0.1, -0.05) is 23.4 Å². The van der Waals surface area contributed by atoms with Crippen molar-refractivity contribution in [3.8, 4) is 5.75 Å². The Kier molecular flexibility index (Phi) is 3.69. The minimum atomic E-state index is -0.504. The van der Waals surface area contributed by atoms with Crippen LogP contribution in [0, 0.1) is 0 Å². The lowest BCUT2D eigenvalue weighted by atomic mass is 10.3. The van der Waals surface area contributed by atoms with Gasteiger partial charge in [-0.25, -0.2) is 4.79 Å². The summed E-state index contributed by atoms with van der Waals surface area (Å²) in [7, 11) is 0. The van der Waals surface area contributed by atoms with Gasteiger partial charge in [-0.05, 0) is 12.1 Å². The molecule has 0 bridgehead atoms. The zero-order valence-electron chi connectivity index (χ0n) is 9.00. The lowest BCUT2D eigenvalue weighted by Crippen LogP contribution is -2.28. The van der Waals surface area contributed by atoms with Gasteiger partial charge in [0.2, 0.25) is 5.89 Å². The zero-order chi connectivity index (χ0) is 11.9. The highest BCUT2D eigenvalue weighted by atomic mass is 16.6. The maximum atomic E-state index is 11.3. The first-order valence-electron chi connectivity index (χ1n) is 5.11. The molecule has 0 radical (unpaired) electrons. The molecule has 88 valence electrons. The average Bonchev–Trinajstić information content (AvgIpc) is 2.83. The number of hydrogen-bond donors (Lipinski definition) is 1. The van der Waals surface area contributed by atoms with E-state index in [1.807, 2.05) is 6.07 Å². The van der Waals surface area contributed by atoms with Gasteiger partial charge in [0.1, 0.15) is 5.75 Å². The number of ether oxygens (including phenoxy) is 1. The number of rotatable bonds is 4. The summed E-state index contributed by atoms with van der Waals surface area (Å²) < 4.78 is 9.80. The molecule has 1 aromatic heterocycles. The van der Waals surface area contributed by atoms with Crippen LogP contribution in [0.4, 0.5) is 4.79 Å². The van der Waals surface area contributed by atoms with E-state index in [1.165, 1.54) is 6.33 Å². The van der Waals surface area contributed by atoms with E-state index in [1.54, 1.807) is 24.3 Å². The van der Waals surface area contributed by atoms with Gasteiger partial charge in [-0.2, -0.15) is 4.98 Å². The van der Waals surface area contributed by atoms with Crippen molar-refractivity contribution in [1.82, 2.24) is 15.5 Å². The molecule has 6 heteroatoms. The number of aromatic nitrogens is 2. The monoisotopic (exact) mass is 233 g/mol. The number of nitrogens with one attached hydrogen (secondary N) is 1. The minimum absolute atomic E-state index is 0.383. The smallest absolute Gasteiger partial charge is 0.410 e. The number of nitrogens with zero attached hydrogens (tertiary/aromatic N) is 2. The standard InChI is InChI=1S/C11H11N3O3/c15-11(16-9-4-2-1-3-5-9)12-7-6-10-13-8-14-17-10/h1-5,8H,6-7H2,(H,12,15). The second-order valence-corrected chi connectivity index (χ2v) is 3.21. The van der Waals surface area contributed by atoms with Crippen LogP contribution in [0.2, 0.25) is 0 Å². The predicted octanol–water partition coefficient (Wildman–Crippen LogP) is 1.40. The SMILES string of the molecule is O=C(NCCc1ncno1)Oc1ccccc1. The number of para-hydroxylation sites is 1. The third-order valence-corrected chi connectivity index (χ3v) is 1.97. The van der Waals surface area contributed by atoms with Gasteiger partial charge in [-0.15, -0.1) is 0 Å². The number of hydrogen-bond acceptors (Lipinski definition) is 5. The average molecular weight is 233 g/mol. The highest BCUT2D eigenvalue weighted by molar-refractivity contribution is 5.70. The maximum absolute atomic E-state index is 11.3. The van der Waals surface area contributed by atoms with Crippen molar-refractivity contribution in [1.29, 1.82) is 0 Å². The Labute approximate surface area is 97.6 Å². The van der Waals surface area contributed by atoms with Gasteiger partial charge < -0.3 is 14.6 Å². The van der Waals surface area contributed by atoms with E-state index in [-0.39, 0.29) is 0 Å². The first-order chi connectivity index (χ1) is 8.34. The van der Waals surface area contributed by atoms with Gasteiger partial charge in [-0.3, -0.25) is 0 Å². The van der Waals surface area contributed by atoms with Crippen LogP contribution in [0.15, 0.2) is 41.2 Å². The van der Waals surface area contributed by atoms with E-state index in [2.05, 4.69) is 15.5 Å². The first-order valence-corrected chi connectivity index (χ1v) is 5.11. The van der Waals surface area contributed by atoms with Crippen LogP contribution in [0.25, 0.3) is 0 Å². The summed E-state index contributed by atoms with van der Waals surface area (Å²) in [4.78, 5) is 15.2. The minimum Gasteiger partial charge on any atom is -0.410 e. The third-order valence-electron chi connectivity index (χ3n) is 1.97. The molecule has 0 fully saturated rings. The number of amides is 1. The summed E-state index contributed by atoms with van der Waals surface area (Å²) >= 11 is 0. The van der Waals surface area contributed by atoms with Crippen molar-refractivity contribution in [2.75, 3.05) is 6.54 Å². The molecule has 1 heterocycles. The molecule has 6 nitrogen and oxygen atoms in total. The Hall–Kier alpha value is -2.37. The van der Waals surface area contributed by atoms with Gasteiger partial charge in [0.15, 0.2) is 6.33 Å². The molecule has 0 spiro atoms. The molecule has 0 saturated heterocycles.